The average Bonchev–Trinajstić information content (AvgIpc) is 2.78. The molecule has 0 saturated heterocycles. The van der Waals surface area contributed by atoms with Gasteiger partial charge in [-0.15, -0.1) is 0 Å². The van der Waals surface area contributed by atoms with Crippen LogP contribution in [0.3, 0.4) is 0 Å². The summed E-state index contributed by atoms with van der Waals surface area (Å²) in [5.74, 6) is 8.92. The topological polar surface area (TPSA) is 23.8 Å². The second kappa shape index (κ2) is 12.0. The minimum atomic E-state index is -0.392. The van der Waals surface area contributed by atoms with Crippen molar-refractivity contribution in [2.75, 3.05) is 0 Å². The summed E-state index contributed by atoms with van der Waals surface area (Å²) in [6, 6.07) is 6.98. The number of hydrogen-bond acceptors (Lipinski definition) is 1. The van der Waals surface area contributed by atoms with Crippen LogP contribution in [0.1, 0.15) is 101 Å². The quantitative estimate of drug-likeness (QED) is 0.348. The van der Waals surface area contributed by atoms with Crippen molar-refractivity contribution in [2.45, 2.75) is 89.9 Å². The van der Waals surface area contributed by atoms with Gasteiger partial charge in [-0.1, -0.05) is 56.6 Å². The van der Waals surface area contributed by atoms with Gasteiger partial charge in [0.15, 0.2) is 0 Å². The molecule has 1 nitrogen and oxygen atoms in total. The molecule has 2 fully saturated rings. The third-order valence-electron chi connectivity index (χ3n) is 7.16. The van der Waals surface area contributed by atoms with Gasteiger partial charge in [0, 0.05) is 5.92 Å². The first-order chi connectivity index (χ1) is 14.7. The molecule has 1 aromatic rings. The van der Waals surface area contributed by atoms with Crippen molar-refractivity contribution in [3.8, 4) is 17.9 Å². The van der Waals surface area contributed by atoms with Crippen molar-refractivity contribution in [1.82, 2.24) is 0 Å². The highest BCUT2D eigenvalue weighted by Gasteiger charge is 2.22. The van der Waals surface area contributed by atoms with Crippen LogP contribution >= 0.6 is 0 Å². The van der Waals surface area contributed by atoms with E-state index in [2.05, 4.69) is 30.9 Å². The lowest BCUT2D eigenvalue weighted by Gasteiger charge is -2.26. The Bertz CT molecular complexity index is 790. The number of halogens is 1. The smallest absolute Gasteiger partial charge is 0.141 e. The summed E-state index contributed by atoms with van der Waals surface area (Å²) in [6.45, 7) is 2.28. The predicted molar refractivity (Wildman–Crippen MR) is 122 cm³/mol. The van der Waals surface area contributed by atoms with Crippen LogP contribution in [0.5, 0.6) is 0 Å². The molecule has 30 heavy (non-hydrogen) atoms. The fraction of sp³-hybridized carbons (Fsp3) is 0.607. The molecule has 0 spiro atoms. The number of unbranched alkanes of at least 4 members (excludes halogenated alkanes) is 2. The standard InChI is InChI=1S/C28H36FN/c1-2-3-4-7-22-10-12-23(13-11-22)8-5-6-9-24-14-16-25(17-15-24)26-18-19-27(21-30)28(29)20-26/h5,8,18-20,22-25H,2-4,7,10-17H2,1H3/t22-,23-,24-,25-. The van der Waals surface area contributed by atoms with Crippen molar-refractivity contribution in [3.63, 3.8) is 0 Å². The van der Waals surface area contributed by atoms with E-state index in [1.54, 1.807) is 12.1 Å². The van der Waals surface area contributed by atoms with Gasteiger partial charge in [0.05, 0.1) is 5.56 Å². The molecule has 0 atom stereocenters. The lowest BCUT2D eigenvalue weighted by Crippen LogP contribution is -2.13. The minimum Gasteiger partial charge on any atom is -0.206 e. The summed E-state index contributed by atoms with van der Waals surface area (Å²) in [5, 5.41) is 8.88. The maximum absolute atomic E-state index is 13.9. The van der Waals surface area contributed by atoms with Crippen LogP contribution < -0.4 is 0 Å². The summed E-state index contributed by atoms with van der Waals surface area (Å²) in [5.41, 5.74) is 1.16. The second-order valence-corrected chi connectivity index (χ2v) is 9.32. The van der Waals surface area contributed by atoms with Gasteiger partial charge in [0.1, 0.15) is 11.9 Å². The van der Waals surface area contributed by atoms with Crippen LogP contribution in [0.15, 0.2) is 30.4 Å². The first-order valence-corrected chi connectivity index (χ1v) is 12.1. The monoisotopic (exact) mass is 405 g/mol. The Morgan fingerprint density at radius 3 is 2.47 bits per heavy atom. The largest absolute Gasteiger partial charge is 0.206 e. The lowest BCUT2D eigenvalue weighted by atomic mass is 9.78. The number of benzene rings is 1. The highest BCUT2D eigenvalue weighted by Crippen LogP contribution is 2.36. The van der Waals surface area contributed by atoms with Gasteiger partial charge in [-0.3, -0.25) is 0 Å². The molecular formula is C28H36FN. The Kier molecular flexibility index (Phi) is 9.01. The van der Waals surface area contributed by atoms with E-state index in [9.17, 15) is 4.39 Å². The highest BCUT2D eigenvalue weighted by molar-refractivity contribution is 5.35. The molecule has 3 rings (SSSR count). The molecule has 0 radical (unpaired) electrons. The van der Waals surface area contributed by atoms with Gasteiger partial charge < -0.3 is 0 Å². The van der Waals surface area contributed by atoms with E-state index in [1.165, 1.54) is 51.4 Å². The van der Waals surface area contributed by atoms with Crippen LogP contribution in [-0.2, 0) is 0 Å². The summed E-state index contributed by atoms with van der Waals surface area (Å²) in [7, 11) is 0. The average molecular weight is 406 g/mol. The van der Waals surface area contributed by atoms with Crippen LogP contribution in [0.4, 0.5) is 4.39 Å². The zero-order valence-electron chi connectivity index (χ0n) is 18.5. The van der Waals surface area contributed by atoms with Gasteiger partial charge in [-0.05, 0) is 92.9 Å². The van der Waals surface area contributed by atoms with E-state index >= 15 is 0 Å². The maximum Gasteiger partial charge on any atom is 0.141 e. The Morgan fingerprint density at radius 2 is 1.80 bits per heavy atom. The van der Waals surface area contributed by atoms with E-state index in [0.29, 0.717) is 11.8 Å². The molecule has 2 aliphatic carbocycles. The molecule has 0 unspecified atom stereocenters. The molecule has 2 heteroatoms. The summed E-state index contributed by atoms with van der Waals surface area (Å²) < 4.78 is 13.9. The predicted octanol–water partition coefficient (Wildman–Crippen LogP) is 7.92. The van der Waals surface area contributed by atoms with Crippen LogP contribution in [0.2, 0.25) is 0 Å². The first kappa shape index (κ1) is 22.6. The van der Waals surface area contributed by atoms with Crippen molar-refractivity contribution in [1.29, 1.82) is 5.26 Å². The number of hydrogen-bond donors (Lipinski definition) is 0. The molecule has 1 aromatic carbocycles. The van der Waals surface area contributed by atoms with E-state index in [0.717, 1.165) is 43.1 Å². The van der Waals surface area contributed by atoms with E-state index in [1.807, 2.05) is 12.1 Å². The third kappa shape index (κ3) is 6.74. The Labute approximate surface area is 182 Å². The number of nitrogens with zero attached hydrogens (tertiary/aromatic N) is 1. The molecule has 0 bridgehead atoms. The SMILES string of the molecule is CCCCC[C@H]1CC[C@H](C=CC#C[C@H]2CC[C@H](c3ccc(C#N)c(F)c3)CC2)CC1. The van der Waals surface area contributed by atoms with E-state index < -0.39 is 5.82 Å². The zero-order valence-corrected chi connectivity index (χ0v) is 18.5. The number of nitriles is 1. The molecule has 0 aromatic heterocycles. The summed E-state index contributed by atoms with van der Waals surface area (Å²) >= 11 is 0. The summed E-state index contributed by atoms with van der Waals surface area (Å²) in [4.78, 5) is 0. The van der Waals surface area contributed by atoms with Gasteiger partial charge >= 0.3 is 0 Å². The molecule has 0 heterocycles. The fourth-order valence-electron chi connectivity index (χ4n) is 5.15. The Morgan fingerprint density at radius 1 is 1.03 bits per heavy atom. The number of rotatable bonds is 6. The molecule has 0 N–H and O–H groups in total. The zero-order chi connectivity index (χ0) is 21.2. The van der Waals surface area contributed by atoms with Crippen molar-refractivity contribution < 1.29 is 4.39 Å². The lowest BCUT2D eigenvalue weighted by molar-refractivity contribution is 0.289. The molecule has 0 amide bonds. The second-order valence-electron chi connectivity index (χ2n) is 9.32. The third-order valence-corrected chi connectivity index (χ3v) is 7.16. The highest BCUT2D eigenvalue weighted by atomic mass is 19.1. The first-order valence-electron chi connectivity index (χ1n) is 12.1. The normalized spacial score (nSPS) is 26.7. The van der Waals surface area contributed by atoms with Crippen LogP contribution in [0, 0.1) is 46.7 Å². The van der Waals surface area contributed by atoms with Gasteiger partial charge in [-0.2, -0.15) is 5.26 Å². The van der Waals surface area contributed by atoms with Gasteiger partial charge in [-0.25, -0.2) is 4.39 Å². The molecule has 2 aliphatic rings. The van der Waals surface area contributed by atoms with E-state index in [-0.39, 0.29) is 5.56 Å². The van der Waals surface area contributed by atoms with Crippen molar-refractivity contribution in [3.05, 3.63) is 47.3 Å². The Balaban J connectivity index is 1.38. The maximum atomic E-state index is 13.9. The van der Waals surface area contributed by atoms with Crippen LogP contribution in [0.25, 0.3) is 0 Å². The molecule has 2 saturated carbocycles. The van der Waals surface area contributed by atoms with E-state index in [4.69, 9.17) is 5.26 Å². The van der Waals surface area contributed by atoms with Gasteiger partial charge in [0.25, 0.3) is 0 Å². The fourth-order valence-corrected chi connectivity index (χ4v) is 5.15. The van der Waals surface area contributed by atoms with Crippen molar-refractivity contribution >= 4 is 0 Å². The van der Waals surface area contributed by atoms with Gasteiger partial charge in [0.2, 0.25) is 0 Å². The summed E-state index contributed by atoms with van der Waals surface area (Å²) in [6.07, 6.45) is 19.7. The number of allylic oxidation sites excluding steroid dienone is 2. The van der Waals surface area contributed by atoms with Crippen molar-refractivity contribution in [2.24, 2.45) is 17.8 Å². The van der Waals surface area contributed by atoms with Crippen LogP contribution in [-0.4, -0.2) is 0 Å². The Hall–Kier alpha value is -2.06. The molecule has 160 valence electrons. The minimum absolute atomic E-state index is 0.134. The molecular weight excluding hydrogens is 369 g/mol. The molecule has 0 aliphatic heterocycles.